The number of thiazole rings is 1. The molecule has 0 bridgehead atoms. The Kier molecular flexibility index (Phi) is 5.34. The largest absolute Gasteiger partial charge is 0.344 e. The van der Waals surface area contributed by atoms with Crippen molar-refractivity contribution in [3.8, 4) is 0 Å². The Labute approximate surface area is 204 Å². The first-order chi connectivity index (χ1) is 16.5. The van der Waals surface area contributed by atoms with Gasteiger partial charge in [0.25, 0.3) is 11.8 Å². The van der Waals surface area contributed by atoms with E-state index in [1.807, 2.05) is 10.1 Å². The third kappa shape index (κ3) is 4.07. The zero-order valence-electron chi connectivity index (χ0n) is 18.3. The minimum absolute atomic E-state index is 0.172. The lowest BCUT2D eigenvalue weighted by Crippen LogP contribution is -2.37. The van der Waals surface area contributed by atoms with E-state index in [1.165, 1.54) is 24.2 Å². The lowest BCUT2D eigenvalue weighted by Gasteiger charge is -2.27. The predicted molar refractivity (Wildman–Crippen MR) is 127 cm³/mol. The normalized spacial score (nSPS) is 15.5. The number of carbonyl (C=O) groups excluding carboxylic acids is 2. The number of nitrogens with zero attached hydrogens (tertiary/aromatic N) is 6. The highest BCUT2D eigenvalue weighted by atomic mass is 35.5. The van der Waals surface area contributed by atoms with Crippen LogP contribution >= 0.6 is 22.9 Å². The molecule has 1 aliphatic heterocycles. The molecule has 9 nitrogen and oxygen atoms in total. The number of fused-ring (bicyclic) bond motifs is 2. The van der Waals surface area contributed by atoms with Gasteiger partial charge >= 0.3 is 0 Å². The van der Waals surface area contributed by atoms with Crippen molar-refractivity contribution in [3.05, 3.63) is 68.8 Å². The number of rotatable bonds is 6. The first-order valence-corrected chi connectivity index (χ1v) is 12.5. The van der Waals surface area contributed by atoms with Gasteiger partial charge in [0, 0.05) is 54.7 Å². The highest BCUT2D eigenvalue weighted by Gasteiger charge is 2.33. The molecule has 5 heterocycles. The van der Waals surface area contributed by atoms with Crippen LogP contribution in [0.4, 0.5) is 0 Å². The highest BCUT2D eigenvalue weighted by molar-refractivity contribution is 7.09. The molecule has 0 aromatic carbocycles. The van der Waals surface area contributed by atoms with E-state index in [0.29, 0.717) is 54.0 Å². The van der Waals surface area contributed by atoms with Crippen LogP contribution in [0.25, 0.3) is 5.65 Å². The van der Waals surface area contributed by atoms with Gasteiger partial charge in [-0.05, 0) is 30.9 Å². The second-order valence-electron chi connectivity index (χ2n) is 8.72. The van der Waals surface area contributed by atoms with Gasteiger partial charge < -0.3 is 14.6 Å². The van der Waals surface area contributed by atoms with Gasteiger partial charge in [-0.2, -0.15) is 5.10 Å². The molecule has 1 aliphatic carbocycles. The van der Waals surface area contributed by atoms with Crippen molar-refractivity contribution in [3.63, 3.8) is 0 Å². The molecule has 1 N–H and O–H groups in total. The number of nitrogens with one attached hydrogen (secondary N) is 1. The number of hydrogen-bond acceptors (Lipinski definition) is 6. The van der Waals surface area contributed by atoms with Crippen LogP contribution < -0.4 is 5.32 Å². The molecule has 11 heteroatoms. The van der Waals surface area contributed by atoms with E-state index in [9.17, 15) is 9.59 Å². The standard InChI is InChI=1S/C23H22ClN7O2S/c24-15-3-4-19-27-17(13-30(19)11-15)23(33)29-7-5-18-16(12-29)21(28-31(18)10-14-1-2-14)22(32)26-9-20-25-6-8-34-20/h3-4,6,8,11,13-14H,1-2,5,7,9-10,12H2,(H,26,32). The van der Waals surface area contributed by atoms with Crippen LogP contribution in [0.1, 0.15) is 50.1 Å². The Balaban J connectivity index is 1.26. The zero-order chi connectivity index (χ0) is 23.2. The summed E-state index contributed by atoms with van der Waals surface area (Å²) in [6.07, 6.45) is 8.18. The Hall–Kier alpha value is -3.24. The summed E-state index contributed by atoms with van der Waals surface area (Å²) in [6.45, 7) is 2.06. The summed E-state index contributed by atoms with van der Waals surface area (Å²) in [5, 5.41) is 10.9. The van der Waals surface area contributed by atoms with Crippen molar-refractivity contribution in [2.24, 2.45) is 5.92 Å². The van der Waals surface area contributed by atoms with E-state index in [0.717, 1.165) is 22.8 Å². The van der Waals surface area contributed by atoms with E-state index < -0.39 is 0 Å². The number of aromatic nitrogens is 5. The van der Waals surface area contributed by atoms with E-state index in [2.05, 4.69) is 15.3 Å². The molecule has 0 saturated heterocycles. The van der Waals surface area contributed by atoms with Crippen molar-refractivity contribution in [2.75, 3.05) is 6.54 Å². The molecule has 1 saturated carbocycles. The lowest BCUT2D eigenvalue weighted by molar-refractivity contribution is 0.0725. The third-order valence-corrected chi connectivity index (χ3v) is 7.29. The van der Waals surface area contributed by atoms with Crippen LogP contribution in [0, 0.1) is 5.92 Å². The minimum Gasteiger partial charge on any atom is -0.344 e. The van der Waals surface area contributed by atoms with Crippen molar-refractivity contribution in [1.29, 1.82) is 0 Å². The van der Waals surface area contributed by atoms with E-state index in [1.54, 1.807) is 40.0 Å². The summed E-state index contributed by atoms with van der Waals surface area (Å²) >= 11 is 7.56. The van der Waals surface area contributed by atoms with E-state index in [-0.39, 0.29) is 11.8 Å². The van der Waals surface area contributed by atoms with Gasteiger partial charge in [-0.1, -0.05) is 11.6 Å². The second-order valence-corrected chi connectivity index (χ2v) is 10.1. The fourth-order valence-corrected chi connectivity index (χ4v) is 5.08. The number of halogens is 1. The van der Waals surface area contributed by atoms with Gasteiger partial charge in [0.1, 0.15) is 16.3 Å². The van der Waals surface area contributed by atoms with Crippen molar-refractivity contribution in [1.82, 2.24) is 34.4 Å². The van der Waals surface area contributed by atoms with Crippen LogP contribution in [-0.4, -0.2) is 47.4 Å². The molecule has 34 heavy (non-hydrogen) atoms. The third-order valence-electron chi connectivity index (χ3n) is 6.28. The van der Waals surface area contributed by atoms with Gasteiger partial charge in [-0.15, -0.1) is 11.3 Å². The van der Waals surface area contributed by atoms with Crippen LogP contribution in [0.3, 0.4) is 0 Å². The zero-order valence-corrected chi connectivity index (χ0v) is 19.8. The Morgan fingerprint density at radius 1 is 1.24 bits per heavy atom. The molecule has 6 rings (SSSR count). The summed E-state index contributed by atoms with van der Waals surface area (Å²) in [5.41, 5.74) is 3.28. The van der Waals surface area contributed by atoms with E-state index >= 15 is 0 Å². The molecular formula is C23H22ClN7O2S. The molecule has 2 amide bonds. The van der Waals surface area contributed by atoms with Crippen LogP contribution in [0.15, 0.2) is 36.1 Å². The molecular weight excluding hydrogens is 474 g/mol. The van der Waals surface area contributed by atoms with Crippen LogP contribution in [0.5, 0.6) is 0 Å². The average Bonchev–Trinajstić information content (AvgIpc) is 3.22. The first kappa shape index (κ1) is 21.3. The predicted octanol–water partition coefficient (Wildman–Crippen LogP) is 3.18. The fourth-order valence-electron chi connectivity index (χ4n) is 4.35. The quantitative estimate of drug-likeness (QED) is 0.443. The Morgan fingerprint density at radius 3 is 2.91 bits per heavy atom. The number of amides is 2. The maximum Gasteiger partial charge on any atom is 0.274 e. The Morgan fingerprint density at radius 2 is 2.12 bits per heavy atom. The van der Waals surface area contributed by atoms with Gasteiger partial charge in [-0.25, -0.2) is 9.97 Å². The Bertz CT molecular complexity index is 1390. The maximum absolute atomic E-state index is 13.3. The molecule has 1 fully saturated rings. The number of imidazole rings is 1. The molecule has 0 unspecified atom stereocenters. The van der Waals surface area contributed by atoms with Gasteiger partial charge in [-0.3, -0.25) is 14.3 Å². The minimum atomic E-state index is -0.238. The molecule has 0 atom stereocenters. The van der Waals surface area contributed by atoms with Crippen molar-refractivity contribution >= 4 is 40.4 Å². The van der Waals surface area contributed by atoms with Gasteiger partial charge in [0.15, 0.2) is 5.69 Å². The molecule has 4 aromatic rings. The molecule has 4 aromatic heterocycles. The summed E-state index contributed by atoms with van der Waals surface area (Å²) in [6, 6.07) is 3.52. The van der Waals surface area contributed by atoms with Crippen LogP contribution in [0.2, 0.25) is 5.02 Å². The highest BCUT2D eigenvalue weighted by Crippen LogP contribution is 2.33. The number of pyridine rings is 1. The summed E-state index contributed by atoms with van der Waals surface area (Å²) < 4.78 is 3.73. The molecule has 0 spiro atoms. The topological polar surface area (TPSA) is 97.4 Å². The lowest BCUT2D eigenvalue weighted by atomic mass is 10.0. The number of hydrogen-bond donors (Lipinski definition) is 1. The van der Waals surface area contributed by atoms with E-state index in [4.69, 9.17) is 16.7 Å². The summed E-state index contributed by atoms with van der Waals surface area (Å²) in [5.74, 6) is 0.215. The first-order valence-electron chi connectivity index (χ1n) is 11.2. The molecule has 174 valence electrons. The van der Waals surface area contributed by atoms with Crippen molar-refractivity contribution in [2.45, 2.75) is 38.9 Å². The SMILES string of the molecule is O=C(NCc1nccs1)c1nn(CC2CC2)c2c1CN(C(=O)c1cn3cc(Cl)ccc3n1)CC2. The van der Waals surface area contributed by atoms with Crippen molar-refractivity contribution < 1.29 is 9.59 Å². The molecule has 0 radical (unpaired) electrons. The number of carbonyl (C=O) groups is 2. The summed E-state index contributed by atoms with van der Waals surface area (Å²) in [4.78, 5) is 36.8. The fraction of sp³-hybridized carbons (Fsp3) is 0.348. The monoisotopic (exact) mass is 495 g/mol. The smallest absolute Gasteiger partial charge is 0.274 e. The van der Waals surface area contributed by atoms with Gasteiger partial charge in [0.2, 0.25) is 0 Å². The second kappa shape index (κ2) is 8.52. The molecule has 2 aliphatic rings. The summed E-state index contributed by atoms with van der Waals surface area (Å²) in [7, 11) is 0. The van der Waals surface area contributed by atoms with Gasteiger partial charge in [0.05, 0.1) is 18.1 Å². The average molecular weight is 496 g/mol. The van der Waals surface area contributed by atoms with Crippen LogP contribution in [-0.2, 0) is 26.1 Å². The maximum atomic E-state index is 13.3.